The minimum absolute atomic E-state index is 0.0630. The highest BCUT2D eigenvalue weighted by Gasteiger charge is 2.19. The summed E-state index contributed by atoms with van der Waals surface area (Å²) in [4.78, 5) is 0.190. The van der Waals surface area contributed by atoms with Gasteiger partial charge in [0, 0.05) is 5.56 Å². The van der Waals surface area contributed by atoms with Crippen LogP contribution in [0.25, 0.3) is 0 Å². The van der Waals surface area contributed by atoms with E-state index in [-0.39, 0.29) is 28.7 Å². The van der Waals surface area contributed by atoms with Crippen LogP contribution in [0.15, 0.2) is 34.3 Å². The quantitative estimate of drug-likeness (QED) is 0.345. The summed E-state index contributed by atoms with van der Waals surface area (Å²) < 4.78 is 29.9. The molecule has 0 aliphatic heterocycles. The Bertz CT molecular complexity index is 592. The molecule has 0 aliphatic rings. The molecular weight excluding hydrogens is 292 g/mol. The maximum absolute atomic E-state index is 12.2. The first-order valence-corrected chi connectivity index (χ1v) is 8.32. The van der Waals surface area contributed by atoms with Gasteiger partial charge in [-0.3, -0.25) is 0 Å². The van der Waals surface area contributed by atoms with Gasteiger partial charge in [-0.05, 0) is 44.5 Å². The molecule has 1 rings (SSSR count). The van der Waals surface area contributed by atoms with E-state index in [1.165, 1.54) is 24.3 Å². The van der Waals surface area contributed by atoms with Gasteiger partial charge in [0.15, 0.2) is 15.7 Å². The molecule has 0 fully saturated rings. The lowest BCUT2D eigenvalue weighted by Crippen LogP contribution is -2.26. The topological polar surface area (TPSA) is 102 Å². The summed E-state index contributed by atoms with van der Waals surface area (Å²) in [6.45, 7) is 5.97. The molecule has 0 amide bonds. The third kappa shape index (κ3) is 5.02. The molecule has 7 heteroatoms. The first-order chi connectivity index (χ1) is 9.72. The second-order valence-corrected chi connectivity index (χ2v) is 7.40. The van der Waals surface area contributed by atoms with E-state index in [1.807, 2.05) is 20.8 Å². The zero-order valence-corrected chi connectivity index (χ0v) is 13.4. The Morgan fingerprint density at radius 3 is 2.38 bits per heavy atom. The average Bonchev–Trinajstić information content (AvgIpc) is 2.46. The van der Waals surface area contributed by atoms with Crippen molar-refractivity contribution in [3.63, 3.8) is 0 Å². The van der Waals surface area contributed by atoms with Crippen molar-refractivity contribution < 1.29 is 18.4 Å². The minimum Gasteiger partial charge on any atom is -0.409 e. The van der Waals surface area contributed by atoms with E-state index in [4.69, 9.17) is 15.7 Å². The average molecular weight is 314 g/mol. The largest absolute Gasteiger partial charge is 0.409 e. The van der Waals surface area contributed by atoms with Crippen LogP contribution in [0.5, 0.6) is 0 Å². The molecule has 0 atom stereocenters. The molecule has 3 N–H and O–H groups in total. The molecule has 0 saturated carbocycles. The number of nitrogens with two attached hydrogens (primary N) is 1. The monoisotopic (exact) mass is 314 g/mol. The highest BCUT2D eigenvalue weighted by molar-refractivity contribution is 7.91. The van der Waals surface area contributed by atoms with Crippen molar-refractivity contribution in [3.05, 3.63) is 29.8 Å². The van der Waals surface area contributed by atoms with Crippen LogP contribution in [0.3, 0.4) is 0 Å². The molecule has 0 spiro atoms. The van der Waals surface area contributed by atoms with Crippen LogP contribution in [0.4, 0.5) is 0 Å². The van der Waals surface area contributed by atoms with Crippen molar-refractivity contribution in [1.29, 1.82) is 0 Å². The van der Waals surface area contributed by atoms with Gasteiger partial charge in [-0.2, -0.15) is 0 Å². The summed E-state index contributed by atoms with van der Waals surface area (Å²) in [5.41, 5.74) is 5.56. The summed E-state index contributed by atoms with van der Waals surface area (Å²) >= 11 is 0. The lowest BCUT2D eigenvalue weighted by molar-refractivity contribution is -0.0114. The van der Waals surface area contributed by atoms with Crippen LogP contribution in [0, 0.1) is 0 Å². The molecule has 118 valence electrons. The van der Waals surface area contributed by atoms with Crippen LogP contribution < -0.4 is 5.73 Å². The molecule has 0 aliphatic carbocycles. The number of hydrogen-bond acceptors (Lipinski definition) is 5. The van der Waals surface area contributed by atoms with Crippen LogP contribution in [0.2, 0.25) is 0 Å². The molecule has 0 aromatic heterocycles. The second-order valence-electron chi connectivity index (χ2n) is 5.29. The van der Waals surface area contributed by atoms with Gasteiger partial charge in [-0.25, -0.2) is 8.42 Å². The lowest BCUT2D eigenvalue weighted by atomic mass is 10.1. The van der Waals surface area contributed by atoms with E-state index in [0.717, 1.165) is 6.42 Å². The van der Waals surface area contributed by atoms with Crippen LogP contribution >= 0.6 is 0 Å². The molecule has 0 bridgehead atoms. The van der Waals surface area contributed by atoms with E-state index >= 15 is 0 Å². The van der Waals surface area contributed by atoms with Gasteiger partial charge in [0.05, 0.1) is 22.9 Å². The number of ether oxygens (including phenoxy) is 1. The molecule has 0 unspecified atom stereocenters. The van der Waals surface area contributed by atoms with Crippen LogP contribution in [-0.2, 0) is 14.6 Å². The van der Waals surface area contributed by atoms with Crippen molar-refractivity contribution in [2.75, 3.05) is 12.4 Å². The van der Waals surface area contributed by atoms with Crippen molar-refractivity contribution >= 4 is 15.7 Å². The van der Waals surface area contributed by atoms with Gasteiger partial charge >= 0.3 is 0 Å². The Kier molecular flexibility index (Phi) is 5.74. The zero-order valence-electron chi connectivity index (χ0n) is 12.5. The molecule has 1 aromatic rings. The van der Waals surface area contributed by atoms with Gasteiger partial charge in [-0.15, -0.1) is 0 Å². The van der Waals surface area contributed by atoms with Crippen molar-refractivity contribution in [2.24, 2.45) is 10.9 Å². The maximum Gasteiger partial charge on any atom is 0.180 e. The minimum atomic E-state index is -3.41. The summed E-state index contributed by atoms with van der Waals surface area (Å²) in [5, 5.41) is 11.4. The first kappa shape index (κ1) is 17.5. The fourth-order valence-corrected chi connectivity index (χ4v) is 2.63. The summed E-state index contributed by atoms with van der Waals surface area (Å²) in [6.07, 6.45) is 0.807. The Morgan fingerprint density at radius 1 is 1.33 bits per heavy atom. The van der Waals surface area contributed by atoms with E-state index in [9.17, 15) is 8.42 Å². The molecule has 1 aromatic carbocycles. The number of oxime groups is 1. The van der Waals surface area contributed by atoms with Crippen molar-refractivity contribution in [3.8, 4) is 0 Å². The zero-order chi connectivity index (χ0) is 16.1. The van der Waals surface area contributed by atoms with Gasteiger partial charge in [0.2, 0.25) is 0 Å². The molecule has 21 heavy (non-hydrogen) atoms. The standard InChI is InChI=1S/C14H22N2O4S/c1-4-14(2,3)20-9-10-21(18,19)12-7-5-11(6-8-12)13(15)16-17/h5-8,17H,4,9-10H2,1-3H3,(H2,15,16). The van der Waals surface area contributed by atoms with Crippen molar-refractivity contribution in [2.45, 2.75) is 37.7 Å². The smallest absolute Gasteiger partial charge is 0.180 e. The van der Waals surface area contributed by atoms with Gasteiger partial charge in [0.25, 0.3) is 0 Å². The Morgan fingerprint density at radius 2 is 1.90 bits per heavy atom. The lowest BCUT2D eigenvalue weighted by Gasteiger charge is -2.23. The van der Waals surface area contributed by atoms with Crippen LogP contribution in [-0.4, -0.2) is 37.4 Å². The highest BCUT2D eigenvalue weighted by Crippen LogP contribution is 2.16. The number of hydrogen-bond donors (Lipinski definition) is 2. The van der Waals surface area contributed by atoms with Gasteiger partial charge < -0.3 is 15.7 Å². The molecule has 6 nitrogen and oxygen atoms in total. The van der Waals surface area contributed by atoms with Crippen LogP contribution in [0.1, 0.15) is 32.8 Å². The Hall–Kier alpha value is -1.60. The van der Waals surface area contributed by atoms with E-state index in [1.54, 1.807) is 0 Å². The van der Waals surface area contributed by atoms with Gasteiger partial charge in [-0.1, -0.05) is 12.1 Å². The normalized spacial score (nSPS) is 13.4. The summed E-state index contributed by atoms with van der Waals surface area (Å²) in [6, 6.07) is 5.87. The molecule has 0 heterocycles. The van der Waals surface area contributed by atoms with E-state index in [2.05, 4.69) is 5.16 Å². The molecular formula is C14H22N2O4S. The van der Waals surface area contributed by atoms with Gasteiger partial charge in [0.1, 0.15) is 0 Å². The SMILES string of the molecule is CCC(C)(C)OCCS(=O)(=O)c1ccc(/C(N)=N/O)cc1. The molecule has 0 saturated heterocycles. The number of benzene rings is 1. The number of sulfone groups is 1. The first-order valence-electron chi connectivity index (χ1n) is 6.66. The third-order valence-corrected chi connectivity index (χ3v) is 5.01. The van der Waals surface area contributed by atoms with Crippen molar-refractivity contribution in [1.82, 2.24) is 0 Å². The predicted octanol–water partition coefficient (Wildman–Crippen LogP) is 1.76. The van der Waals surface area contributed by atoms with E-state index < -0.39 is 9.84 Å². The van der Waals surface area contributed by atoms with E-state index in [0.29, 0.717) is 5.56 Å². The highest BCUT2D eigenvalue weighted by atomic mass is 32.2. The number of amidine groups is 1. The third-order valence-electron chi connectivity index (χ3n) is 3.31. The predicted molar refractivity (Wildman–Crippen MR) is 81.3 cm³/mol. The second kappa shape index (κ2) is 6.91. The number of rotatable bonds is 7. The Balaban J connectivity index is 2.75. The summed E-state index contributed by atoms with van der Waals surface area (Å²) in [5.74, 6) is -0.147. The summed E-state index contributed by atoms with van der Waals surface area (Å²) in [7, 11) is -3.41. The fourth-order valence-electron chi connectivity index (χ4n) is 1.54. The maximum atomic E-state index is 12.2. The number of nitrogens with zero attached hydrogens (tertiary/aromatic N) is 1. The molecule has 0 radical (unpaired) electrons. The fraction of sp³-hybridized carbons (Fsp3) is 0.500. The Labute approximate surface area is 125 Å².